The maximum Gasteiger partial charge on any atom is 0.174 e. The summed E-state index contributed by atoms with van der Waals surface area (Å²) >= 11 is 6.02. The maximum atomic E-state index is 6.02. The highest BCUT2D eigenvalue weighted by Gasteiger charge is 2.42. The molecule has 8 heteroatoms. The van der Waals surface area contributed by atoms with Gasteiger partial charge in [-0.05, 0) is 112 Å². The number of rotatable bonds is 8. The molecule has 0 spiro atoms. The van der Waals surface area contributed by atoms with E-state index in [2.05, 4.69) is 113 Å². The molecule has 0 aliphatic carbocycles. The van der Waals surface area contributed by atoms with Crippen LogP contribution in [-0.2, 0) is 4.74 Å². The highest BCUT2D eigenvalue weighted by molar-refractivity contribution is 7.80. The van der Waals surface area contributed by atoms with Crippen LogP contribution in [-0.4, -0.2) is 54.1 Å². The minimum absolute atomic E-state index is 0.0588. The zero-order valence-corrected chi connectivity index (χ0v) is 25.8. The summed E-state index contributed by atoms with van der Waals surface area (Å²) in [5.41, 5.74) is 9.31. The fraction of sp³-hybridized carbons (Fsp3) is 0.353. The largest absolute Gasteiger partial charge is 0.378 e. The van der Waals surface area contributed by atoms with Crippen molar-refractivity contribution < 1.29 is 4.74 Å². The van der Waals surface area contributed by atoms with Crippen LogP contribution in [0.1, 0.15) is 48.6 Å². The summed E-state index contributed by atoms with van der Waals surface area (Å²) in [7, 11) is 0. The highest BCUT2D eigenvalue weighted by Crippen LogP contribution is 2.44. The third-order valence-electron chi connectivity index (χ3n) is 8.63. The number of hydrogen-bond donors (Lipinski definition) is 1. The molecule has 6 rings (SSSR count). The molecule has 4 heterocycles. The summed E-state index contributed by atoms with van der Waals surface area (Å²) in [6, 6.07) is 26.0. The van der Waals surface area contributed by atoms with Crippen molar-refractivity contribution in [3.8, 4) is 5.69 Å². The number of hydrogen-bond acceptors (Lipinski definition) is 5. The average molecular weight is 581 g/mol. The Hall–Kier alpha value is -3.88. The minimum atomic E-state index is -0.0865. The van der Waals surface area contributed by atoms with Gasteiger partial charge in [-0.1, -0.05) is 6.07 Å². The molecule has 2 saturated heterocycles. The van der Waals surface area contributed by atoms with E-state index in [1.54, 1.807) is 0 Å². The van der Waals surface area contributed by atoms with Crippen molar-refractivity contribution in [1.82, 2.24) is 14.9 Å². The zero-order valence-electron chi connectivity index (χ0n) is 25.0. The molecule has 0 amide bonds. The molecule has 218 valence electrons. The molecular weight excluding hydrogens is 540 g/mol. The molecule has 4 aromatic rings. The van der Waals surface area contributed by atoms with Gasteiger partial charge in [0.15, 0.2) is 5.11 Å². The van der Waals surface area contributed by atoms with Crippen LogP contribution in [0.25, 0.3) is 5.69 Å². The first-order valence-electron chi connectivity index (χ1n) is 15.0. The van der Waals surface area contributed by atoms with Gasteiger partial charge in [0.25, 0.3) is 0 Å². The predicted molar refractivity (Wildman–Crippen MR) is 176 cm³/mol. The van der Waals surface area contributed by atoms with Gasteiger partial charge < -0.3 is 29.3 Å². The van der Waals surface area contributed by atoms with Crippen molar-refractivity contribution >= 4 is 34.4 Å². The average Bonchev–Trinajstić information content (AvgIpc) is 3.53. The number of pyridine rings is 1. The molecule has 0 radical (unpaired) electrons. The Morgan fingerprint density at radius 3 is 2.21 bits per heavy atom. The van der Waals surface area contributed by atoms with E-state index in [1.807, 2.05) is 18.3 Å². The van der Waals surface area contributed by atoms with Crippen molar-refractivity contribution in [2.45, 2.75) is 39.8 Å². The quantitative estimate of drug-likeness (QED) is 0.244. The fourth-order valence-electron chi connectivity index (χ4n) is 6.48. The zero-order chi connectivity index (χ0) is 29.2. The molecule has 42 heavy (non-hydrogen) atoms. The third-order valence-corrected chi connectivity index (χ3v) is 8.94. The summed E-state index contributed by atoms with van der Waals surface area (Å²) in [5, 5.41) is 4.34. The van der Waals surface area contributed by atoms with Crippen molar-refractivity contribution in [1.29, 1.82) is 0 Å². The van der Waals surface area contributed by atoms with E-state index in [-0.39, 0.29) is 12.1 Å². The van der Waals surface area contributed by atoms with E-state index in [9.17, 15) is 0 Å². The molecular formula is C34H40N6OS. The van der Waals surface area contributed by atoms with Crippen LogP contribution in [0, 0.1) is 13.8 Å². The topological polar surface area (TPSA) is 48.8 Å². The van der Waals surface area contributed by atoms with Crippen LogP contribution in [0.2, 0.25) is 0 Å². The fourth-order valence-corrected chi connectivity index (χ4v) is 6.83. The summed E-state index contributed by atoms with van der Waals surface area (Å²) < 4.78 is 7.91. The van der Waals surface area contributed by atoms with Crippen LogP contribution in [0.5, 0.6) is 0 Å². The number of benzene rings is 2. The second kappa shape index (κ2) is 12.2. The van der Waals surface area contributed by atoms with Gasteiger partial charge in [-0.2, -0.15) is 0 Å². The van der Waals surface area contributed by atoms with Crippen LogP contribution in [0.15, 0.2) is 79.0 Å². The number of morpholine rings is 1. The standard InChI is InChI=1S/C34H40N6OS/c1-5-37(6-2)26-10-14-28(15-11-26)39-24(3)23-30(25(39)4)33-32(31-9-7-8-18-35-31)36-34(42)40(33)29-16-12-27(13-17-29)38-19-21-41-22-20-38/h7-18,23,32-33H,5-6,19-22H2,1-4H3,(H,36,42). The molecule has 2 aromatic carbocycles. The molecule has 7 nitrogen and oxygen atoms in total. The number of ether oxygens (including phenoxy) is 1. The summed E-state index contributed by atoms with van der Waals surface area (Å²) in [4.78, 5) is 11.8. The Bertz CT molecular complexity index is 1510. The van der Waals surface area contributed by atoms with Gasteiger partial charge in [0.2, 0.25) is 0 Å². The van der Waals surface area contributed by atoms with Gasteiger partial charge in [-0.15, -0.1) is 0 Å². The van der Waals surface area contributed by atoms with Gasteiger partial charge in [0, 0.05) is 66.5 Å². The molecule has 2 unspecified atom stereocenters. The van der Waals surface area contributed by atoms with E-state index < -0.39 is 0 Å². The first-order valence-corrected chi connectivity index (χ1v) is 15.4. The van der Waals surface area contributed by atoms with E-state index in [0.29, 0.717) is 5.11 Å². The Kier molecular flexibility index (Phi) is 8.18. The molecule has 0 bridgehead atoms. The molecule has 2 atom stereocenters. The lowest BCUT2D eigenvalue weighted by Crippen LogP contribution is -2.36. The van der Waals surface area contributed by atoms with E-state index >= 15 is 0 Å². The van der Waals surface area contributed by atoms with Crippen LogP contribution in [0.3, 0.4) is 0 Å². The van der Waals surface area contributed by atoms with Crippen molar-refractivity contribution in [3.05, 3.63) is 102 Å². The SMILES string of the molecule is CCN(CC)c1ccc(-n2c(C)cc(C3C(c4ccccn4)NC(=S)N3c3ccc(N4CCOCC4)cc3)c2C)cc1. The lowest BCUT2D eigenvalue weighted by Gasteiger charge is -2.31. The summed E-state index contributed by atoms with van der Waals surface area (Å²) in [6.07, 6.45) is 1.86. The highest BCUT2D eigenvalue weighted by atomic mass is 32.1. The Labute approximate surface area is 254 Å². The number of nitrogens with one attached hydrogen (secondary N) is 1. The molecule has 2 aromatic heterocycles. The number of anilines is 3. The number of thiocarbonyl (C=S) groups is 1. The van der Waals surface area contributed by atoms with E-state index in [1.165, 1.54) is 28.3 Å². The lowest BCUT2D eigenvalue weighted by atomic mass is 9.96. The smallest absolute Gasteiger partial charge is 0.174 e. The monoisotopic (exact) mass is 580 g/mol. The van der Waals surface area contributed by atoms with Crippen molar-refractivity contribution in [3.63, 3.8) is 0 Å². The first kappa shape index (κ1) is 28.2. The summed E-state index contributed by atoms with van der Waals surface area (Å²) in [6.45, 7) is 14.2. The number of nitrogens with zero attached hydrogens (tertiary/aromatic N) is 5. The van der Waals surface area contributed by atoms with Gasteiger partial charge in [0.1, 0.15) is 0 Å². The normalized spacial score (nSPS) is 18.8. The molecule has 2 aliphatic rings. The number of aryl methyl sites for hydroxylation is 1. The summed E-state index contributed by atoms with van der Waals surface area (Å²) in [5.74, 6) is 0. The van der Waals surface area contributed by atoms with Crippen LogP contribution < -0.4 is 20.0 Å². The van der Waals surface area contributed by atoms with Gasteiger partial charge >= 0.3 is 0 Å². The van der Waals surface area contributed by atoms with Gasteiger partial charge in [-0.25, -0.2) is 0 Å². The first-order chi connectivity index (χ1) is 20.5. The second-order valence-electron chi connectivity index (χ2n) is 11.0. The van der Waals surface area contributed by atoms with Gasteiger partial charge in [0.05, 0.1) is 31.0 Å². The molecule has 2 fully saturated rings. The van der Waals surface area contributed by atoms with Gasteiger partial charge in [-0.3, -0.25) is 4.98 Å². The molecule has 2 aliphatic heterocycles. The number of aromatic nitrogens is 2. The Morgan fingerprint density at radius 1 is 0.905 bits per heavy atom. The second-order valence-corrected chi connectivity index (χ2v) is 11.3. The van der Waals surface area contributed by atoms with E-state index in [0.717, 1.165) is 56.5 Å². The lowest BCUT2D eigenvalue weighted by molar-refractivity contribution is 0.122. The van der Waals surface area contributed by atoms with Crippen molar-refractivity contribution in [2.75, 3.05) is 54.1 Å². The molecule has 0 saturated carbocycles. The van der Waals surface area contributed by atoms with E-state index in [4.69, 9.17) is 21.9 Å². The molecule has 1 N–H and O–H groups in total. The maximum absolute atomic E-state index is 6.02. The van der Waals surface area contributed by atoms with Crippen LogP contribution in [0.4, 0.5) is 17.1 Å². The minimum Gasteiger partial charge on any atom is -0.378 e. The third kappa shape index (κ3) is 5.25. The predicted octanol–water partition coefficient (Wildman–Crippen LogP) is 6.35. The Morgan fingerprint density at radius 2 is 1.57 bits per heavy atom. The van der Waals surface area contributed by atoms with Crippen LogP contribution >= 0.6 is 12.2 Å². The Balaban J connectivity index is 1.39. The van der Waals surface area contributed by atoms with Crippen molar-refractivity contribution in [2.24, 2.45) is 0 Å².